The number of rotatable bonds is 4. The first-order valence-corrected chi connectivity index (χ1v) is 14.0. The molecule has 2 atom stereocenters. The van der Waals surface area contributed by atoms with Gasteiger partial charge >= 0.3 is 0 Å². The summed E-state index contributed by atoms with van der Waals surface area (Å²) in [5, 5.41) is 10.8. The van der Waals surface area contributed by atoms with Crippen molar-refractivity contribution in [3.63, 3.8) is 0 Å². The van der Waals surface area contributed by atoms with E-state index < -0.39 is 10.8 Å². The molecular formula is C25H30N6O2S. The van der Waals surface area contributed by atoms with E-state index in [4.69, 9.17) is 9.97 Å². The van der Waals surface area contributed by atoms with Gasteiger partial charge < -0.3 is 14.9 Å². The van der Waals surface area contributed by atoms with Crippen molar-refractivity contribution in [3.8, 4) is 0 Å². The van der Waals surface area contributed by atoms with Crippen LogP contribution in [0, 0.1) is 0 Å². The Hall–Kier alpha value is -2.39. The standard InChI is InChI=1S/C25H30N6O2S/c32-20-6-12-31(25(20)8-1-9-25)23-21-19(7-13-34(21)33)28-24(29-23)30-10-4-17(5-11-30)22-26-14-18(15-27-22)16-2-3-16/h4,14-16,20,32H,1-3,5-13H2/t20-,34-/m1/s1. The van der Waals surface area contributed by atoms with Gasteiger partial charge in [-0.15, -0.1) is 0 Å². The minimum Gasteiger partial charge on any atom is -0.391 e. The number of fused-ring (bicyclic) bond motifs is 1. The summed E-state index contributed by atoms with van der Waals surface area (Å²) in [6, 6.07) is 0. The lowest BCUT2D eigenvalue weighted by molar-refractivity contribution is 0.0579. The van der Waals surface area contributed by atoms with Gasteiger partial charge in [-0.1, -0.05) is 6.08 Å². The van der Waals surface area contributed by atoms with E-state index in [2.05, 4.69) is 25.8 Å². The lowest BCUT2D eigenvalue weighted by Gasteiger charge is -2.48. The third-order valence-electron chi connectivity index (χ3n) is 8.42. The number of aliphatic hydroxyl groups is 1. The Balaban J connectivity index is 1.18. The summed E-state index contributed by atoms with van der Waals surface area (Å²) in [6.07, 6.45) is 13.7. The van der Waals surface area contributed by atoms with Crippen molar-refractivity contribution < 1.29 is 9.32 Å². The molecule has 0 unspecified atom stereocenters. The Morgan fingerprint density at radius 2 is 1.88 bits per heavy atom. The second kappa shape index (κ2) is 7.81. The van der Waals surface area contributed by atoms with Crippen LogP contribution in [-0.4, -0.2) is 66.3 Å². The van der Waals surface area contributed by atoms with Gasteiger partial charge in [-0.25, -0.2) is 15.0 Å². The summed E-state index contributed by atoms with van der Waals surface area (Å²) >= 11 is 0. The van der Waals surface area contributed by atoms with Crippen LogP contribution >= 0.6 is 0 Å². The molecule has 7 rings (SSSR count). The second-order valence-corrected chi connectivity index (χ2v) is 11.9. The first-order valence-electron chi connectivity index (χ1n) is 12.6. The van der Waals surface area contributed by atoms with Crippen molar-refractivity contribution in [2.24, 2.45) is 0 Å². The van der Waals surface area contributed by atoms with Gasteiger partial charge in [0.2, 0.25) is 5.95 Å². The highest BCUT2D eigenvalue weighted by Crippen LogP contribution is 2.49. The Morgan fingerprint density at radius 1 is 1.06 bits per heavy atom. The van der Waals surface area contributed by atoms with Crippen molar-refractivity contribution in [1.29, 1.82) is 0 Å². The molecule has 5 aliphatic rings. The fourth-order valence-electron chi connectivity index (χ4n) is 6.06. The first kappa shape index (κ1) is 20.9. The van der Waals surface area contributed by atoms with Crippen LogP contribution in [0.25, 0.3) is 5.57 Å². The zero-order valence-corrected chi connectivity index (χ0v) is 20.1. The molecular weight excluding hydrogens is 448 g/mol. The van der Waals surface area contributed by atoms with Crippen LogP contribution in [-0.2, 0) is 17.2 Å². The van der Waals surface area contributed by atoms with Crippen molar-refractivity contribution in [1.82, 2.24) is 19.9 Å². The average molecular weight is 479 g/mol. The molecule has 2 saturated carbocycles. The molecule has 1 N–H and O–H groups in total. The summed E-state index contributed by atoms with van der Waals surface area (Å²) < 4.78 is 12.9. The molecule has 3 fully saturated rings. The number of hydrogen-bond acceptors (Lipinski definition) is 8. The highest BCUT2D eigenvalue weighted by Gasteiger charge is 2.53. The Labute approximate surface area is 202 Å². The maximum absolute atomic E-state index is 12.9. The van der Waals surface area contributed by atoms with E-state index in [9.17, 15) is 9.32 Å². The molecule has 1 spiro atoms. The molecule has 0 amide bonds. The molecule has 0 aromatic carbocycles. The highest BCUT2D eigenvalue weighted by atomic mass is 32.2. The average Bonchev–Trinajstić information content (AvgIpc) is 3.54. The Morgan fingerprint density at radius 3 is 2.56 bits per heavy atom. The molecule has 5 heterocycles. The predicted molar refractivity (Wildman–Crippen MR) is 130 cm³/mol. The lowest BCUT2D eigenvalue weighted by atomic mass is 9.73. The maximum atomic E-state index is 12.9. The van der Waals surface area contributed by atoms with Gasteiger partial charge in [0.1, 0.15) is 4.90 Å². The number of aryl methyl sites for hydroxylation is 1. The van der Waals surface area contributed by atoms with Crippen molar-refractivity contribution >= 4 is 28.1 Å². The van der Waals surface area contributed by atoms with Crippen LogP contribution < -0.4 is 9.80 Å². The van der Waals surface area contributed by atoms with E-state index in [1.54, 1.807) is 0 Å². The predicted octanol–water partition coefficient (Wildman–Crippen LogP) is 2.60. The van der Waals surface area contributed by atoms with Crippen molar-refractivity contribution in [3.05, 3.63) is 35.6 Å². The van der Waals surface area contributed by atoms with Gasteiger partial charge in [0, 0.05) is 44.2 Å². The van der Waals surface area contributed by atoms with Gasteiger partial charge in [0.25, 0.3) is 0 Å². The van der Waals surface area contributed by atoms with Gasteiger partial charge in [-0.05, 0) is 62.0 Å². The molecule has 3 aliphatic heterocycles. The fraction of sp³-hybridized carbons (Fsp3) is 0.600. The monoisotopic (exact) mass is 478 g/mol. The topological polar surface area (TPSA) is 95.3 Å². The molecule has 0 bridgehead atoms. The zero-order chi connectivity index (χ0) is 22.9. The quantitative estimate of drug-likeness (QED) is 0.717. The summed E-state index contributed by atoms with van der Waals surface area (Å²) in [5.41, 5.74) is 3.13. The highest BCUT2D eigenvalue weighted by molar-refractivity contribution is 7.85. The van der Waals surface area contributed by atoms with E-state index in [1.807, 2.05) is 12.4 Å². The normalized spacial score (nSPS) is 27.6. The largest absolute Gasteiger partial charge is 0.391 e. The van der Waals surface area contributed by atoms with E-state index in [0.717, 1.165) is 73.8 Å². The van der Waals surface area contributed by atoms with Gasteiger partial charge in [0.05, 0.1) is 28.1 Å². The van der Waals surface area contributed by atoms with Crippen molar-refractivity contribution in [2.45, 2.75) is 73.8 Å². The molecule has 2 aromatic rings. The summed E-state index contributed by atoms with van der Waals surface area (Å²) in [7, 11) is -1.07. The summed E-state index contributed by atoms with van der Waals surface area (Å²) in [4.78, 5) is 24.4. The van der Waals surface area contributed by atoms with Crippen LogP contribution in [0.1, 0.15) is 67.9 Å². The third-order valence-corrected chi connectivity index (χ3v) is 9.87. The zero-order valence-electron chi connectivity index (χ0n) is 19.3. The van der Waals surface area contributed by atoms with Crippen LogP contribution in [0.5, 0.6) is 0 Å². The molecule has 2 aromatic heterocycles. The van der Waals surface area contributed by atoms with Crippen LogP contribution in [0.4, 0.5) is 11.8 Å². The summed E-state index contributed by atoms with van der Waals surface area (Å²) in [6.45, 7) is 2.27. The van der Waals surface area contributed by atoms with E-state index in [-0.39, 0.29) is 11.6 Å². The van der Waals surface area contributed by atoms with Crippen LogP contribution in [0.15, 0.2) is 23.4 Å². The van der Waals surface area contributed by atoms with Crippen LogP contribution in [0.2, 0.25) is 0 Å². The maximum Gasteiger partial charge on any atom is 0.227 e. The number of aromatic nitrogens is 4. The molecule has 34 heavy (non-hydrogen) atoms. The molecule has 178 valence electrons. The SMILES string of the molecule is O=[S@@]1CCc2nc(N3CC=C(c4ncc(C5CC5)cn4)CC3)nc(N3CC[C@@H](O)C34CCC4)c21. The van der Waals surface area contributed by atoms with E-state index in [0.29, 0.717) is 24.2 Å². The fourth-order valence-corrected chi connectivity index (χ4v) is 7.41. The lowest BCUT2D eigenvalue weighted by Crippen LogP contribution is -2.56. The minimum atomic E-state index is -1.07. The smallest absolute Gasteiger partial charge is 0.227 e. The third kappa shape index (κ3) is 3.23. The summed E-state index contributed by atoms with van der Waals surface area (Å²) in [5.74, 6) is 3.63. The van der Waals surface area contributed by atoms with Gasteiger partial charge in [-0.2, -0.15) is 4.98 Å². The molecule has 0 radical (unpaired) electrons. The Kier molecular flexibility index (Phi) is 4.81. The molecule has 1 saturated heterocycles. The molecule has 2 aliphatic carbocycles. The Bertz CT molecular complexity index is 1190. The number of hydrogen-bond donors (Lipinski definition) is 1. The molecule has 8 nitrogen and oxygen atoms in total. The van der Waals surface area contributed by atoms with E-state index >= 15 is 0 Å². The number of aliphatic hydroxyl groups excluding tert-OH is 1. The van der Waals surface area contributed by atoms with Crippen LogP contribution in [0.3, 0.4) is 0 Å². The minimum absolute atomic E-state index is 0.231. The van der Waals surface area contributed by atoms with Gasteiger partial charge in [-0.3, -0.25) is 4.21 Å². The number of nitrogens with zero attached hydrogens (tertiary/aromatic N) is 6. The van der Waals surface area contributed by atoms with Crippen molar-refractivity contribution in [2.75, 3.05) is 35.2 Å². The number of anilines is 2. The van der Waals surface area contributed by atoms with E-state index in [1.165, 1.54) is 24.0 Å². The first-order chi connectivity index (χ1) is 16.6. The molecule has 9 heteroatoms. The second-order valence-electron chi connectivity index (χ2n) is 10.4. The van der Waals surface area contributed by atoms with Gasteiger partial charge in [0.15, 0.2) is 11.6 Å².